The summed E-state index contributed by atoms with van der Waals surface area (Å²) in [6, 6.07) is 9.69. The molecule has 4 rings (SSSR count). The second-order valence-electron chi connectivity index (χ2n) is 6.95. The number of benzene rings is 1. The fourth-order valence-corrected chi connectivity index (χ4v) is 4.54. The van der Waals surface area contributed by atoms with Crippen molar-refractivity contribution in [1.29, 1.82) is 0 Å². The van der Waals surface area contributed by atoms with Crippen LogP contribution in [0.3, 0.4) is 0 Å². The van der Waals surface area contributed by atoms with Gasteiger partial charge in [0.15, 0.2) is 5.82 Å². The number of piperidine rings is 1. The van der Waals surface area contributed by atoms with E-state index < -0.39 is 0 Å². The molecule has 0 aliphatic carbocycles. The van der Waals surface area contributed by atoms with Crippen LogP contribution in [0.4, 0.5) is 0 Å². The molecule has 0 bridgehead atoms. The average Bonchev–Trinajstić information content (AvgIpc) is 3.02. The van der Waals surface area contributed by atoms with Crippen LogP contribution >= 0.6 is 22.9 Å². The predicted molar refractivity (Wildman–Crippen MR) is 103 cm³/mol. The van der Waals surface area contributed by atoms with Gasteiger partial charge in [-0.05, 0) is 42.5 Å². The van der Waals surface area contributed by atoms with Gasteiger partial charge in [0, 0.05) is 9.90 Å². The normalized spacial score (nSPS) is 20.9. The maximum absolute atomic E-state index is 12.5. The quantitative estimate of drug-likeness (QED) is 0.740. The summed E-state index contributed by atoms with van der Waals surface area (Å²) < 4.78 is 0.691. The zero-order chi connectivity index (χ0) is 17.4. The van der Waals surface area contributed by atoms with Gasteiger partial charge in [0.1, 0.15) is 11.2 Å². The Bertz CT molecular complexity index is 939. The first-order valence-electron chi connectivity index (χ1n) is 8.71. The van der Waals surface area contributed by atoms with E-state index in [2.05, 4.69) is 11.9 Å². The molecule has 4 nitrogen and oxygen atoms in total. The zero-order valence-corrected chi connectivity index (χ0v) is 15.7. The number of quaternary nitrogens is 1. The van der Waals surface area contributed by atoms with Crippen molar-refractivity contribution in [3.8, 4) is 10.4 Å². The molecule has 0 unspecified atom stereocenters. The summed E-state index contributed by atoms with van der Waals surface area (Å²) in [5, 5.41) is 0.710. The van der Waals surface area contributed by atoms with Crippen molar-refractivity contribution in [3.05, 3.63) is 51.5 Å². The maximum atomic E-state index is 12.5. The lowest BCUT2D eigenvalue weighted by atomic mass is 9.99. The second-order valence-corrected chi connectivity index (χ2v) is 8.44. The third kappa shape index (κ3) is 3.64. The number of nitrogens with zero attached hydrogens (tertiary/aromatic N) is 1. The van der Waals surface area contributed by atoms with E-state index in [1.54, 1.807) is 0 Å². The van der Waals surface area contributed by atoms with E-state index in [1.165, 1.54) is 29.1 Å². The average molecular weight is 375 g/mol. The maximum Gasteiger partial charge on any atom is 0.269 e. The van der Waals surface area contributed by atoms with E-state index in [0.29, 0.717) is 9.72 Å². The van der Waals surface area contributed by atoms with Crippen LogP contribution in [-0.2, 0) is 6.54 Å². The monoisotopic (exact) mass is 374 g/mol. The van der Waals surface area contributed by atoms with Gasteiger partial charge in [0.2, 0.25) is 0 Å². The van der Waals surface area contributed by atoms with Crippen LogP contribution < -0.4 is 10.5 Å². The first kappa shape index (κ1) is 16.8. The standard InChI is InChI=1S/C19H20ClN3OS/c1-12-6-8-23(9-7-12)11-17-21-15-10-16(25-18(15)19(24)22-17)13-2-4-14(20)5-3-13/h2-5,10,12H,6-9,11H2,1H3,(H,21,22,24)/p+1. The van der Waals surface area contributed by atoms with Crippen LogP contribution in [0, 0.1) is 5.92 Å². The van der Waals surface area contributed by atoms with Gasteiger partial charge in [0.25, 0.3) is 5.56 Å². The number of hydrogen-bond donors (Lipinski definition) is 2. The number of fused-ring (bicyclic) bond motifs is 1. The Balaban J connectivity index is 1.63. The number of halogens is 1. The lowest BCUT2D eigenvalue weighted by Crippen LogP contribution is -3.11. The van der Waals surface area contributed by atoms with Gasteiger partial charge >= 0.3 is 0 Å². The third-order valence-electron chi connectivity index (χ3n) is 4.96. The van der Waals surface area contributed by atoms with Crippen LogP contribution in [-0.4, -0.2) is 23.1 Å². The number of H-pyrrole nitrogens is 1. The molecule has 0 saturated carbocycles. The molecule has 2 N–H and O–H groups in total. The molecule has 0 radical (unpaired) electrons. The molecule has 1 saturated heterocycles. The van der Waals surface area contributed by atoms with Gasteiger partial charge < -0.3 is 9.88 Å². The number of aromatic amines is 1. The molecule has 130 valence electrons. The first-order valence-corrected chi connectivity index (χ1v) is 9.90. The smallest absolute Gasteiger partial charge is 0.269 e. The van der Waals surface area contributed by atoms with Crippen molar-refractivity contribution >= 4 is 33.2 Å². The van der Waals surface area contributed by atoms with Crippen LogP contribution in [0.2, 0.25) is 5.02 Å². The highest BCUT2D eigenvalue weighted by Crippen LogP contribution is 2.31. The topological polar surface area (TPSA) is 50.2 Å². The van der Waals surface area contributed by atoms with Crippen molar-refractivity contribution in [1.82, 2.24) is 9.97 Å². The van der Waals surface area contributed by atoms with Crippen LogP contribution in [0.25, 0.3) is 20.7 Å². The molecule has 1 fully saturated rings. The Hall–Kier alpha value is -1.69. The minimum atomic E-state index is -0.0324. The van der Waals surface area contributed by atoms with E-state index >= 15 is 0 Å². The van der Waals surface area contributed by atoms with Gasteiger partial charge in [-0.15, -0.1) is 11.3 Å². The van der Waals surface area contributed by atoms with Crippen LogP contribution in [0.15, 0.2) is 35.1 Å². The number of rotatable bonds is 3. The molecular weight excluding hydrogens is 354 g/mol. The molecular formula is C19H21ClN3OS+. The van der Waals surface area contributed by atoms with E-state index in [1.807, 2.05) is 30.3 Å². The Labute approximate surface area is 155 Å². The van der Waals surface area contributed by atoms with Gasteiger partial charge in [-0.1, -0.05) is 30.7 Å². The Morgan fingerprint density at radius 3 is 2.72 bits per heavy atom. The number of aromatic nitrogens is 2. The van der Waals surface area contributed by atoms with Gasteiger partial charge in [-0.2, -0.15) is 0 Å². The summed E-state index contributed by atoms with van der Waals surface area (Å²) in [6.07, 6.45) is 2.50. The molecule has 25 heavy (non-hydrogen) atoms. The summed E-state index contributed by atoms with van der Waals surface area (Å²) in [4.78, 5) is 22.7. The van der Waals surface area contributed by atoms with Crippen molar-refractivity contribution in [2.45, 2.75) is 26.3 Å². The van der Waals surface area contributed by atoms with Gasteiger partial charge in [0.05, 0.1) is 18.6 Å². The fourth-order valence-electron chi connectivity index (χ4n) is 3.41. The first-order chi connectivity index (χ1) is 12.1. The van der Waals surface area contributed by atoms with Gasteiger partial charge in [-0.3, -0.25) is 4.79 Å². The summed E-state index contributed by atoms with van der Waals surface area (Å²) in [6.45, 7) is 5.42. The molecule has 0 spiro atoms. The number of thiophene rings is 1. The van der Waals surface area contributed by atoms with Crippen molar-refractivity contribution in [3.63, 3.8) is 0 Å². The van der Waals surface area contributed by atoms with E-state index in [0.717, 1.165) is 47.3 Å². The highest BCUT2D eigenvalue weighted by molar-refractivity contribution is 7.22. The summed E-state index contributed by atoms with van der Waals surface area (Å²) in [5.41, 5.74) is 1.82. The van der Waals surface area contributed by atoms with Crippen LogP contribution in [0.5, 0.6) is 0 Å². The minimum absolute atomic E-state index is 0.0324. The van der Waals surface area contributed by atoms with Crippen molar-refractivity contribution in [2.24, 2.45) is 5.92 Å². The third-order valence-corrected chi connectivity index (χ3v) is 6.38. The van der Waals surface area contributed by atoms with E-state index in [9.17, 15) is 4.79 Å². The molecule has 0 amide bonds. The van der Waals surface area contributed by atoms with E-state index in [-0.39, 0.29) is 5.56 Å². The molecule has 2 aromatic heterocycles. The highest BCUT2D eigenvalue weighted by atomic mass is 35.5. The predicted octanol–water partition coefficient (Wildman–Crippen LogP) is 3.12. The lowest BCUT2D eigenvalue weighted by Gasteiger charge is -2.26. The summed E-state index contributed by atoms with van der Waals surface area (Å²) >= 11 is 7.44. The minimum Gasteiger partial charge on any atom is -0.329 e. The molecule has 1 aliphatic rings. The molecule has 3 aromatic rings. The molecule has 1 aromatic carbocycles. The Morgan fingerprint density at radius 2 is 2.00 bits per heavy atom. The highest BCUT2D eigenvalue weighted by Gasteiger charge is 2.20. The van der Waals surface area contributed by atoms with Crippen molar-refractivity contribution in [2.75, 3.05) is 13.1 Å². The largest absolute Gasteiger partial charge is 0.329 e. The molecule has 0 atom stereocenters. The number of likely N-dealkylation sites (tertiary alicyclic amines) is 1. The summed E-state index contributed by atoms with van der Waals surface area (Å²) in [5.74, 6) is 1.61. The number of hydrogen-bond acceptors (Lipinski definition) is 3. The Morgan fingerprint density at radius 1 is 1.28 bits per heavy atom. The van der Waals surface area contributed by atoms with Gasteiger partial charge in [-0.25, -0.2) is 4.98 Å². The molecule has 3 heterocycles. The SMILES string of the molecule is CC1CC[NH+](Cc2nc3cc(-c4ccc(Cl)cc4)sc3c(=O)[nH]2)CC1. The fraction of sp³-hybridized carbons (Fsp3) is 0.368. The second kappa shape index (κ2) is 6.90. The van der Waals surface area contributed by atoms with Crippen LogP contribution in [0.1, 0.15) is 25.6 Å². The molecule has 6 heteroatoms. The van der Waals surface area contributed by atoms with E-state index in [4.69, 9.17) is 16.6 Å². The Kier molecular flexibility index (Phi) is 4.63. The lowest BCUT2D eigenvalue weighted by molar-refractivity contribution is -0.920. The molecule has 1 aliphatic heterocycles. The van der Waals surface area contributed by atoms with Crippen molar-refractivity contribution < 1.29 is 4.90 Å². The number of nitrogens with one attached hydrogen (secondary N) is 2. The zero-order valence-electron chi connectivity index (χ0n) is 14.1. The summed E-state index contributed by atoms with van der Waals surface area (Å²) in [7, 11) is 0.